The highest BCUT2D eigenvalue weighted by Gasteiger charge is 2.09. The van der Waals surface area contributed by atoms with E-state index < -0.39 is 10.4 Å². The number of rotatable bonds is 6. The van der Waals surface area contributed by atoms with Crippen LogP contribution in [0.5, 0.6) is 0 Å². The Morgan fingerprint density at radius 2 is 1.45 bits per heavy atom. The van der Waals surface area contributed by atoms with Gasteiger partial charge in [-0.1, -0.05) is 0 Å². The van der Waals surface area contributed by atoms with Crippen molar-refractivity contribution in [1.29, 1.82) is 0 Å². The van der Waals surface area contributed by atoms with Crippen LogP contribution >= 0.6 is 23.5 Å². The van der Waals surface area contributed by atoms with E-state index in [2.05, 4.69) is 8.37 Å². The van der Waals surface area contributed by atoms with Crippen LogP contribution in [0.4, 0.5) is 0 Å². The van der Waals surface area contributed by atoms with Gasteiger partial charge in [0.15, 0.2) is 0 Å². The monoisotopic (exact) mass is 218 g/mol. The van der Waals surface area contributed by atoms with E-state index in [0.717, 1.165) is 0 Å². The molecule has 0 bridgehead atoms. The first-order chi connectivity index (χ1) is 5.12. The summed E-state index contributed by atoms with van der Waals surface area (Å²) in [5, 5.41) is 0. The van der Waals surface area contributed by atoms with Gasteiger partial charge in [-0.15, -0.1) is 23.5 Å². The van der Waals surface area contributed by atoms with E-state index in [4.69, 9.17) is 0 Å². The maximum absolute atomic E-state index is 10.7. The smallest absolute Gasteiger partial charge is 0.237 e. The van der Waals surface area contributed by atoms with Gasteiger partial charge in [0, 0.05) is 0 Å². The summed E-state index contributed by atoms with van der Waals surface area (Å²) in [5.41, 5.74) is 0. The zero-order valence-corrected chi connectivity index (χ0v) is 8.72. The van der Waals surface area contributed by atoms with Crippen LogP contribution in [0.15, 0.2) is 0 Å². The quantitative estimate of drug-likeness (QED) is 0.618. The maximum atomic E-state index is 10.7. The predicted octanol–water partition coefficient (Wildman–Crippen LogP) is 0.905. The molecule has 0 spiro atoms. The summed E-state index contributed by atoms with van der Waals surface area (Å²) in [6.45, 7) is 0. The standard InChI is InChI=1S/C4H10O4S3/c1-9-3-7-11(5,6)8-4-10-2/h3-4H2,1-2H3. The Hall–Kier alpha value is 0.570. The summed E-state index contributed by atoms with van der Waals surface area (Å²) in [6.07, 6.45) is 3.48. The largest absolute Gasteiger partial charge is 0.401 e. The average molecular weight is 218 g/mol. The maximum Gasteiger partial charge on any atom is 0.401 e. The van der Waals surface area contributed by atoms with Crippen LogP contribution in [-0.2, 0) is 18.8 Å². The van der Waals surface area contributed by atoms with Crippen molar-refractivity contribution in [2.75, 3.05) is 24.4 Å². The van der Waals surface area contributed by atoms with Gasteiger partial charge in [-0.05, 0) is 12.5 Å². The van der Waals surface area contributed by atoms with Crippen LogP contribution in [0.2, 0.25) is 0 Å². The van der Waals surface area contributed by atoms with Crippen LogP contribution in [0, 0.1) is 0 Å². The molecule has 0 aliphatic rings. The van der Waals surface area contributed by atoms with Crippen molar-refractivity contribution in [3.63, 3.8) is 0 Å². The predicted molar refractivity (Wildman–Crippen MR) is 47.9 cm³/mol. The Bertz CT molecular complexity index is 162. The third kappa shape index (κ3) is 6.95. The van der Waals surface area contributed by atoms with Crippen molar-refractivity contribution >= 4 is 33.9 Å². The van der Waals surface area contributed by atoms with Crippen LogP contribution in [0.1, 0.15) is 0 Å². The van der Waals surface area contributed by atoms with Gasteiger partial charge >= 0.3 is 10.4 Å². The lowest BCUT2D eigenvalue weighted by atomic mass is 11.7. The van der Waals surface area contributed by atoms with Gasteiger partial charge in [0.2, 0.25) is 0 Å². The SMILES string of the molecule is CSCOS(=O)(=O)OCSC. The topological polar surface area (TPSA) is 52.6 Å². The second-order valence-corrected chi connectivity index (χ2v) is 4.37. The lowest BCUT2D eigenvalue weighted by Gasteiger charge is -2.01. The van der Waals surface area contributed by atoms with Crippen molar-refractivity contribution in [3.8, 4) is 0 Å². The fourth-order valence-electron chi connectivity index (χ4n) is 0.248. The van der Waals surface area contributed by atoms with E-state index in [1.807, 2.05) is 0 Å². The summed E-state index contributed by atoms with van der Waals surface area (Å²) in [6, 6.07) is 0. The Balaban J connectivity index is 3.63. The highest BCUT2D eigenvalue weighted by atomic mass is 32.3. The molecule has 0 unspecified atom stereocenters. The van der Waals surface area contributed by atoms with E-state index in [0.29, 0.717) is 0 Å². The minimum Gasteiger partial charge on any atom is -0.237 e. The van der Waals surface area contributed by atoms with Crippen LogP contribution in [-0.4, -0.2) is 32.8 Å². The van der Waals surface area contributed by atoms with Crippen molar-refractivity contribution < 1.29 is 16.8 Å². The Kier molecular flexibility index (Phi) is 6.44. The minimum absolute atomic E-state index is 0.0940. The fraction of sp³-hybridized carbons (Fsp3) is 1.00. The molecule has 7 heteroatoms. The highest BCUT2D eigenvalue weighted by molar-refractivity contribution is 7.99. The molecule has 0 amide bonds. The molecule has 0 radical (unpaired) electrons. The van der Waals surface area contributed by atoms with Crippen molar-refractivity contribution in [2.45, 2.75) is 0 Å². The molecule has 0 fully saturated rings. The molecule has 0 N–H and O–H groups in total. The van der Waals surface area contributed by atoms with E-state index >= 15 is 0 Å². The summed E-state index contributed by atoms with van der Waals surface area (Å²) >= 11 is 2.55. The molecule has 0 rings (SSSR count). The van der Waals surface area contributed by atoms with Crippen LogP contribution < -0.4 is 0 Å². The van der Waals surface area contributed by atoms with Crippen molar-refractivity contribution in [1.82, 2.24) is 0 Å². The van der Waals surface area contributed by atoms with Gasteiger partial charge in [-0.25, -0.2) is 8.37 Å². The highest BCUT2D eigenvalue weighted by Crippen LogP contribution is 2.04. The lowest BCUT2D eigenvalue weighted by Crippen LogP contribution is -2.09. The normalized spacial score (nSPS) is 11.8. The summed E-state index contributed by atoms with van der Waals surface area (Å²) in [5.74, 6) is 0.188. The second kappa shape index (κ2) is 6.13. The Morgan fingerprint density at radius 3 is 1.73 bits per heavy atom. The molecule has 0 aliphatic heterocycles. The number of hydrogen-bond acceptors (Lipinski definition) is 6. The molecule has 0 aromatic heterocycles. The first-order valence-electron chi connectivity index (χ1n) is 2.64. The number of thioether (sulfide) groups is 2. The Morgan fingerprint density at radius 1 is 1.09 bits per heavy atom. The summed E-state index contributed by atoms with van der Waals surface area (Å²) < 4.78 is 30.1. The first kappa shape index (κ1) is 11.6. The zero-order chi connectivity index (χ0) is 8.74. The van der Waals surface area contributed by atoms with Gasteiger partial charge in [-0.2, -0.15) is 8.42 Å². The van der Waals surface area contributed by atoms with E-state index in [1.54, 1.807) is 12.5 Å². The third-order valence-electron chi connectivity index (χ3n) is 0.621. The van der Waals surface area contributed by atoms with E-state index in [1.165, 1.54) is 23.5 Å². The number of hydrogen-bond donors (Lipinski definition) is 0. The van der Waals surface area contributed by atoms with Gasteiger partial charge in [0.05, 0.1) is 0 Å². The molecule has 0 aromatic rings. The Labute approximate surface area is 75.4 Å². The molecular formula is C4H10O4S3. The molecule has 0 heterocycles. The second-order valence-electron chi connectivity index (χ2n) is 1.46. The minimum atomic E-state index is -3.75. The van der Waals surface area contributed by atoms with E-state index in [9.17, 15) is 8.42 Å². The van der Waals surface area contributed by atoms with Gasteiger partial charge in [0.1, 0.15) is 11.9 Å². The van der Waals surface area contributed by atoms with Crippen molar-refractivity contribution in [3.05, 3.63) is 0 Å². The average Bonchev–Trinajstić information content (AvgIpc) is 1.97. The van der Waals surface area contributed by atoms with E-state index in [-0.39, 0.29) is 11.9 Å². The molecule has 4 nitrogen and oxygen atoms in total. The van der Waals surface area contributed by atoms with Gasteiger partial charge in [-0.3, -0.25) is 0 Å². The van der Waals surface area contributed by atoms with Gasteiger partial charge < -0.3 is 0 Å². The molecule has 0 atom stereocenters. The molecular weight excluding hydrogens is 208 g/mol. The van der Waals surface area contributed by atoms with Gasteiger partial charge in [0.25, 0.3) is 0 Å². The fourth-order valence-corrected chi connectivity index (χ4v) is 2.03. The molecule has 11 heavy (non-hydrogen) atoms. The molecule has 0 aliphatic carbocycles. The lowest BCUT2D eigenvalue weighted by molar-refractivity contribution is 0.270. The van der Waals surface area contributed by atoms with Crippen molar-refractivity contribution in [2.24, 2.45) is 0 Å². The van der Waals surface area contributed by atoms with Crippen LogP contribution in [0.3, 0.4) is 0 Å². The molecule has 0 saturated heterocycles. The zero-order valence-electron chi connectivity index (χ0n) is 6.27. The summed E-state index contributed by atoms with van der Waals surface area (Å²) in [4.78, 5) is 0. The molecule has 0 saturated carbocycles. The first-order valence-corrected chi connectivity index (χ1v) is 6.76. The summed E-state index contributed by atoms with van der Waals surface area (Å²) in [7, 11) is -3.75. The third-order valence-corrected chi connectivity index (χ3v) is 2.44. The molecule has 68 valence electrons. The van der Waals surface area contributed by atoms with Crippen LogP contribution in [0.25, 0.3) is 0 Å². The molecule has 0 aromatic carbocycles.